The number of aromatic nitrogens is 2. The molecule has 3 heteroatoms. The van der Waals surface area contributed by atoms with Gasteiger partial charge >= 0.3 is 0 Å². The average Bonchev–Trinajstić information content (AvgIpc) is 2.57. The summed E-state index contributed by atoms with van der Waals surface area (Å²) < 4.78 is 1.84. The maximum Gasteiger partial charge on any atom is 0.101 e. The van der Waals surface area contributed by atoms with E-state index in [9.17, 15) is 0 Å². The molecule has 0 atom stereocenters. The molecule has 0 N–H and O–H groups in total. The average molecular weight is 211 g/mol. The summed E-state index contributed by atoms with van der Waals surface area (Å²) in [6.45, 7) is 6.04. The number of nitrogens with zero attached hydrogens (tertiary/aromatic N) is 3. The van der Waals surface area contributed by atoms with Gasteiger partial charge in [0.15, 0.2) is 0 Å². The van der Waals surface area contributed by atoms with Crippen molar-refractivity contribution in [2.75, 3.05) is 0 Å². The number of hydrogen-bond acceptors (Lipinski definition) is 2. The molecule has 0 aliphatic carbocycles. The molecule has 1 heterocycles. The molecule has 2 aromatic rings. The number of hydrogen-bond donors (Lipinski definition) is 0. The van der Waals surface area contributed by atoms with Crippen LogP contribution in [0.5, 0.6) is 0 Å². The molecule has 0 bridgehead atoms. The number of para-hydroxylation sites is 1. The quantitative estimate of drug-likeness (QED) is 0.727. The molecule has 0 saturated carbocycles. The summed E-state index contributed by atoms with van der Waals surface area (Å²) in [5, 5.41) is 13.5. The molecule has 0 amide bonds. The zero-order valence-corrected chi connectivity index (χ0v) is 9.65. The van der Waals surface area contributed by atoms with Gasteiger partial charge in [-0.25, -0.2) is 4.68 Å². The summed E-state index contributed by atoms with van der Waals surface area (Å²) >= 11 is 0. The van der Waals surface area contributed by atoms with Crippen LogP contribution >= 0.6 is 0 Å². The van der Waals surface area contributed by atoms with Crippen molar-refractivity contribution in [2.45, 2.75) is 20.8 Å². The van der Waals surface area contributed by atoms with Crippen LogP contribution in [0.2, 0.25) is 0 Å². The van der Waals surface area contributed by atoms with Crippen LogP contribution < -0.4 is 0 Å². The second kappa shape index (κ2) is 3.82. The van der Waals surface area contributed by atoms with Crippen LogP contribution in [0.3, 0.4) is 0 Å². The first-order valence-corrected chi connectivity index (χ1v) is 5.17. The first-order valence-electron chi connectivity index (χ1n) is 5.17. The van der Waals surface area contributed by atoms with Gasteiger partial charge in [-0.15, -0.1) is 0 Å². The Labute approximate surface area is 94.9 Å². The van der Waals surface area contributed by atoms with Gasteiger partial charge in [0.2, 0.25) is 0 Å². The van der Waals surface area contributed by atoms with Crippen LogP contribution in [0.4, 0.5) is 0 Å². The normalized spacial score (nSPS) is 10.1. The summed E-state index contributed by atoms with van der Waals surface area (Å²) in [7, 11) is 0. The fraction of sp³-hybridized carbons (Fsp3) is 0.231. The lowest BCUT2D eigenvalue weighted by Gasteiger charge is -2.06. The summed E-state index contributed by atoms with van der Waals surface area (Å²) in [6.07, 6.45) is 0. The highest BCUT2D eigenvalue weighted by molar-refractivity contribution is 5.49. The number of aryl methyl sites for hydroxylation is 1. The van der Waals surface area contributed by atoms with E-state index in [-0.39, 0.29) is 0 Å². The van der Waals surface area contributed by atoms with E-state index in [1.165, 1.54) is 5.56 Å². The van der Waals surface area contributed by atoms with Gasteiger partial charge in [-0.1, -0.05) is 12.1 Å². The molecule has 3 nitrogen and oxygen atoms in total. The highest BCUT2D eigenvalue weighted by atomic mass is 15.3. The van der Waals surface area contributed by atoms with Crippen molar-refractivity contribution in [3.63, 3.8) is 0 Å². The van der Waals surface area contributed by atoms with Gasteiger partial charge in [-0.05, 0) is 38.5 Å². The van der Waals surface area contributed by atoms with Crippen molar-refractivity contribution in [2.24, 2.45) is 0 Å². The van der Waals surface area contributed by atoms with Crippen molar-refractivity contribution >= 4 is 0 Å². The first-order chi connectivity index (χ1) is 7.65. The van der Waals surface area contributed by atoms with Crippen molar-refractivity contribution in [1.29, 1.82) is 5.26 Å². The van der Waals surface area contributed by atoms with E-state index < -0.39 is 0 Å². The summed E-state index contributed by atoms with van der Waals surface area (Å²) in [4.78, 5) is 0. The second-order valence-corrected chi connectivity index (χ2v) is 3.84. The minimum atomic E-state index is 0.646. The molecule has 1 aromatic heterocycles. The van der Waals surface area contributed by atoms with Gasteiger partial charge < -0.3 is 0 Å². The monoisotopic (exact) mass is 211 g/mol. The zero-order valence-electron chi connectivity index (χ0n) is 9.65. The van der Waals surface area contributed by atoms with Crippen molar-refractivity contribution in [1.82, 2.24) is 9.78 Å². The Morgan fingerprint density at radius 1 is 1.19 bits per heavy atom. The molecular formula is C13H13N3. The van der Waals surface area contributed by atoms with Crippen LogP contribution in [-0.4, -0.2) is 9.78 Å². The summed E-state index contributed by atoms with van der Waals surface area (Å²) in [5.41, 5.74) is 4.75. The highest BCUT2D eigenvalue weighted by Crippen LogP contribution is 2.19. The largest absolute Gasteiger partial charge is 0.236 e. The minimum Gasteiger partial charge on any atom is -0.236 e. The molecular weight excluding hydrogens is 198 g/mol. The summed E-state index contributed by atoms with van der Waals surface area (Å²) in [5.74, 6) is 0. The first kappa shape index (κ1) is 10.4. The van der Waals surface area contributed by atoms with Crippen LogP contribution in [0.25, 0.3) is 5.69 Å². The van der Waals surface area contributed by atoms with E-state index in [0.717, 1.165) is 17.1 Å². The fourth-order valence-electron chi connectivity index (χ4n) is 1.71. The fourth-order valence-corrected chi connectivity index (χ4v) is 1.71. The van der Waals surface area contributed by atoms with Crippen molar-refractivity contribution in [3.05, 3.63) is 46.8 Å². The lowest BCUT2D eigenvalue weighted by molar-refractivity contribution is 0.831. The molecule has 0 radical (unpaired) electrons. The number of benzene rings is 1. The molecule has 0 aliphatic rings. The van der Waals surface area contributed by atoms with Gasteiger partial charge in [0.1, 0.15) is 6.07 Å². The van der Waals surface area contributed by atoms with Crippen LogP contribution in [-0.2, 0) is 0 Å². The molecule has 0 saturated heterocycles. The Balaban J connectivity index is 2.69. The molecule has 2 rings (SSSR count). The van der Waals surface area contributed by atoms with Crippen molar-refractivity contribution in [3.8, 4) is 11.8 Å². The third kappa shape index (κ3) is 1.49. The van der Waals surface area contributed by atoms with Crippen LogP contribution in [0.1, 0.15) is 22.5 Å². The SMILES string of the molecule is Cc1nn(-c2ccccc2C#N)c(C)c1C. The van der Waals surface area contributed by atoms with Crippen molar-refractivity contribution < 1.29 is 0 Å². The van der Waals surface area contributed by atoms with Gasteiger partial charge in [-0.2, -0.15) is 10.4 Å². The van der Waals surface area contributed by atoms with E-state index in [2.05, 4.69) is 11.2 Å². The molecule has 0 spiro atoms. The lowest BCUT2D eigenvalue weighted by atomic mass is 10.2. The summed E-state index contributed by atoms with van der Waals surface area (Å²) in [6, 6.07) is 9.69. The second-order valence-electron chi connectivity index (χ2n) is 3.84. The molecule has 80 valence electrons. The Morgan fingerprint density at radius 3 is 2.44 bits per heavy atom. The van der Waals surface area contributed by atoms with Crippen LogP contribution in [0, 0.1) is 32.1 Å². The Morgan fingerprint density at radius 2 is 1.88 bits per heavy atom. The molecule has 0 aliphatic heterocycles. The minimum absolute atomic E-state index is 0.646. The standard InChI is InChI=1S/C13H13N3/c1-9-10(2)15-16(11(9)3)13-7-5-4-6-12(13)8-14/h4-7H,1-3H3. The van der Waals surface area contributed by atoms with Gasteiger partial charge in [0.25, 0.3) is 0 Å². The molecule has 16 heavy (non-hydrogen) atoms. The van der Waals surface area contributed by atoms with Gasteiger partial charge in [0, 0.05) is 5.69 Å². The van der Waals surface area contributed by atoms with E-state index >= 15 is 0 Å². The number of rotatable bonds is 1. The lowest BCUT2D eigenvalue weighted by Crippen LogP contribution is -2.01. The highest BCUT2D eigenvalue weighted by Gasteiger charge is 2.11. The third-order valence-electron chi connectivity index (χ3n) is 2.91. The topological polar surface area (TPSA) is 41.6 Å². The molecule has 1 aromatic carbocycles. The number of nitriles is 1. The molecule has 0 fully saturated rings. The Hall–Kier alpha value is -2.08. The van der Waals surface area contributed by atoms with E-state index in [1.807, 2.05) is 43.7 Å². The maximum atomic E-state index is 9.06. The van der Waals surface area contributed by atoms with Gasteiger partial charge in [-0.3, -0.25) is 0 Å². The van der Waals surface area contributed by atoms with E-state index in [4.69, 9.17) is 5.26 Å². The third-order valence-corrected chi connectivity index (χ3v) is 2.91. The zero-order chi connectivity index (χ0) is 11.7. The Kier molecular flexibility index (Phi) is 2.49. The van der Waals surface area contributed by atoms with E-state index in [0.29, 0.717) is 5.56 Å². The van der Waals surface area contributed by atoms with Crippen LogP contribution in [0.15, 0.2) is 24.3 Å². The molecule has 0 unspecified atom stereocenters. The smallest absolute Gasteiger partial charge is 0.101 e. The maximum absolute atomic E-state index is 9.06. The Bertz CT molecular complexity index is 573. The van der Waals surface area contributed by atoms with E-state index in [1.54, 1.807) is 6.07 Å². The van der Waals surface area contributed by atoms with Gasteiger partial charge in [0.05, 0.1) is 16.9 Å². The predicted octanol–water partition coefficient (Wildman–Crippen LogP) is 2.67. The predicted molar refractivity (Wildman–Crippen MR) is 62.5 cm³/mol.